The largest absolute Gasteiger partial charge is 0.573 e. The van der Waals surface area contributed by atoms with Crippen molar-refractivity contribution in [3.63, 3.8) is 0 Å². The van der Waals surface area contributed by atoms with Gasteiger partial charge in [-0.05, 0) is 92.6 Å². The van der Waals surface area contributed by atoms with Crippen LogP contribution in [-0.4, -0.2) is 44.1 Å². The van der Waals surface area contributed by atoms with Crippen molar-refractivity contribution >= 4 is 34.2 Å². The van der Waals surface area contributed by atoms with E-state index in [4.69, 9.17) is 0 Å². The summed E-state index contributed by atoms with van der Waals surface area (Å²) in [5.41, 5.74) is 7.25. The Labute approximate surface area is 276 Å². The van der Waals surface area contributed by atoms with Crippen molar-refractivity contribution in [2.75, 3.05) is 10.7 Å². The molecule has 4 aromatic rings. The van der Waals surface area contributed by atoms with Gasteiger partial charge < -0.3 is 15.0 Å². The number of ether oxygens (including phenoxy) is 1. The Balaban J connectivity index is 1.29. The van der Waals surface area contributed by atoms with Gasteiger partial charge in [0, 0.05) is 28.7 Å². The van der Waals surface area contributed by atoms with Gasteiger partial charge >= 0.3 is 12.4 Å². The number of aryl methyl sites for hydroxylation is 1. The number of rotatable bonds is 7. The maximum absolute atomic E-state index is 13.2. The molecule has 47 heavy (non-hydrogen) atoms. The summed E-state index contributed by atoms with van der Waals surface area (Å²) in [6, 6.07) is 19.2. The van der Waals surface area contributed by atoms with Crippen LogP contribution in [-0.2, 0) is 0 Å². The maximum atomic E-state index is 13.2. The van der Waals surface area contributed by atoms with Gasteiger partial charge in [0.2, 0.25) is 0 Å². The van der Waals surface area contributed by atoms with Crippen LogP contribution in [0.4, 0.5) is 23.7 Å². The number of hydrogen-bond donors (Lipinski definition) is 1. The Hall–Kier alpha value is -4.58. The molecule has 1 N–H and O–H groups in total. The molecule has 0 spiro atoms. The Morgan fingerprint density at radius 2 is 1.77 bits per heavy atom. The Kier molecular flexibility index (Phi) is 10.1. The van der Waals surface area contributed by atoms with Crippen molar-refractivity contribution in [2.24, 2.45) is 4.99 Å². The van der Waals surface area contributed by atoms with E-state index in [9.17, 15) is 18.0 Å². The van der Waals surface area contributed by atoms with E-state index in [1.54, 1.807) is 11.8 Å². The van der Waals surface area contributed by atoms with Gasteiger partial charge in [0.15, 0.2) is 11.0 Å². The number of amidine groups is 1. The highest BCUT2D eigenvalue weighted by atomic mass is 32.2. The first-order valence-corrected chi connectivity index (χ1v) is 16.3. The van der Waals surface area contributed by atoms with Crippen molar-refractivity contribution in [3.8, 4) is 22.8 Å². The van der Waals surface area contributed by atoms with Crippen LogP contribution < -0.4 is 15.0 Å². The summed E-state index contributed by atoms with van der Waals surface area (Å²) < 4.78 is 42.8. The summed E-state index contributed by atoms with van der Waals surface area (Å²) in [6.45, 7) is 12.4. The lowest BCUT2D eigenvalue weighted by molar-refractivity contribution is -0.274. The smallest absolute Gasteiger partial charge is 0.406 e. The number of allylic oxidation sites excluding steroid dienone is 2. The fourth-order valence-electron chi connectivity index (χ4n) is 5.26. The summed E-state index contributed by atoms with van der Waals surface area (Å²) in [5, 5.41) is 8.12. The molecule has 0 radical (unpaired) electrons. The van der Waals surface area contributed by atoms with E-state index >= 15 is 0 Å². The molecule has 246 valence electrons. The fraction of sp³-hybridized carbons (Fsp3) is 0.314. The van der Waals surface area contributed by atoms with Gasteiger partial charge in [-0.15, -0.1) is 18.3 Å². The van der Waals surface area contributed by atoms with E-state index < -0.39 is 12.4 Å². The standard InChI is InChI=1S/C35H37F3N6O2S/c1-21(2)30-16-7-22(3)19-31(30)44-23(4)17-18-47-34(44)41-33(45)40-25(6)24(5)26-8-10-27(11-9-26)32-39-20-43(42-32)28-12-14-29(15-13-28)46-35(36,37)38/h7-16,19-21,23H,17-18H2,1-6H3,(H,40,45)/b25-24+,41-34-. The molecule has 1 aliphatic heterocycles. The number of aromatic nitrogens is 3. The third-order valence-corrected chi connectivity index (χ3v) is 8.92. The molecule has 2 amide bonds. The molecule has 1 atom stereocenters. The second-order valence-corrected chi connectivity index (χ2v) is 12.8. The number of halogens is 3. The Morgan fingerprint density at radius 3 is 2.43 bits per heavy atom. The minimum atomic E-state index is -4.76. The first-order chi connectivity index (χ1) is 22.3. The lowest BCUT2D eigenvalue weighted by Gasteiger charge is -2.37. The molecule has 1 unspecified atom stereocenters. The number of aliphatic imine (C=N–C) groups is 1. The third-order valence-electron chi connectivity index (χ3n) is 7.94. The molecule has 1 aliphatic rings. The quantitative estimate of drug-likeness (QED) is 0.213. The summed E-state index contributed by atoms with van der Waals surface area (Å²) in [6.07, 6.45) is -2.27. The molecule has 1 fully saturated rings. The van der Waals surface area contributed by atoms with Crippen LogP contribution in [0.3, 0.4) is 0 Å². The van der Waals surface area contributed by atoms with E-state index in [-0.39, 0.29) is 11.8 Å². The second kappa shape index (κ2) is 14.0. The Morgan fingerprint density at radius 1 is 1.06 bits per heavy atom. The van der Waals surface area contributed by atoms with Crippen LogP contribution in [0.15, 0.2) is 83.7 Å². The predicted octanol–water partition coefficient (Wildman–Crippen LogP) is 9.11. The zero-order valence-corrected chi connectivity index (χ0v) is 27.9. The molecule has 2 heterocycles. The van der Waals surface area contributed by atoms with E-state index in [0.29, 0.717) is 28.3 Å². The minimum absolute atomic E-state index is 0.207. The number of urea groups is 1. The monoisotopic (exact) mass is 662 g/mol. The molecule has 12 heteroatoms. The van der Waals surface area contributed by atoms with Crippen molar-refractivity contribution in [1.29, 1.82) is 0 Å². The fourth-order valence-corrected chi connectivity index (χ4v) is 6.47. The first-order valence-electron chi connectivity index (χ1n) is 15.3. The van der Waals surface area contributed by atoms with Gasteiger partial charge in [-0.25, -0.2) is 14.5 Å². The van der Waals surface area contributed by atoms with Crippen LogP contribution in [0.25, 0.3) is 22.6 Å². The zero-order valence-electron chi connectivity index (χ0n) is 27.1. The summed E-state index contributed by atoms with van der Waals surface area (Å²) >= 11 is 1.60. The topological polar surface area (TPSA) is 84.6 Å². The molecule has 0 bridgehead atoms. The predicted molar refractivity (Wildman–Crippen MR) is 182 cm³/mol. The molecule has 3 aromatic carbocycles. The number of nitrogens with zero attached hydrogens (tertiary/aromatic N) is 5. The van der Waals surface area contributed by atoms with Crippen molar-refractivity contribution in [1.82, 2.24) is 20.1 Å². The average molecular weight is 663 g/mol. The van der Waals surface area contributed by atoms with E-state index in [2.05, 4.69) is 75.9 Å². The molecule has 8 nitrogen and oxygen atoms in total. The average Bonchev–Trinajstić information content (AvgIpc) is 3.51. The molecule has 0 saturated carbocycles. The highest BCUT2D eigenvalue weighted by Crippen LogP contribution is 2.35. The molecule has 0 aliphatic carbocycles. The molecule has 1 aromatic heterocycles. The van der Waals surface area contributed by atoms with Crippen molar-refractivity contribution < 1.29 is 22.7 Å². The van der Waals surface area contributed by atoms with Crippen LogP contribution in [0.2, 0.25) is 0 Å². The van der Waals surface area contributed by atoms with E-state index in [0.717, 1.165) is 40.1 Å². The molecular formula is C35H37F3N6O2S. The van der Waals surface area contributed by atoms with E-state index in [1.807, 2.05) is 38.1 Å². The van der Waals surface area contributed by atoms with Crippen molar-refractivity contribution in [3.05, 3.63) is 95.4 Å². The van der Waals surface area contributed by atoms with Gasteiger partial charge in [-0.2, -0.15) is 4.99 Å². The van der Waals surface area contributed by atoms with Crippen LogP contribution in [0.1, 0.15) is 63.6 Å². The lowest BCUT2D eigenvalue weighted by Crippen LogP contribution is -2.42. The number of carbonyl (C=O) groups is 1. The number of alkyl halides is 3. The lowest BCUT2D eigenvalue weighted by atomic mass is 9.98. The molecule has 1 saturated heterocycles. The van der Waals surface area contributed by atoms with Crippen molar-refractivity contribution in [2.45, 2.75) is 66.3 Å². The second-order valence-electron chi connectivity index (χ2n) is 11.8. The summed E-state index contributed by atoms with van der Waals surface area (Å²) in [7, 11) is 0. The number of benzene rings is 3. The third kappa shape index (κ3) is 8.23. The highest BCUT2D eigenvalue weighted by Gasteiger charge is 2.31. The number of amides is 2. The van der Waals surface area contributed by atoms with Crippen LogP contribution in [0, 0.1) is 6.92 Å². The van der Waals surface area contributed by atoms with Gasteiger partial charge in [0.1, 0.15) is 12.1 Å². The van der Waals surface area contributed by atoms with Gasteiger partial charge in [0.05, 0.1) is 5.69 Å². The van der Waals surface area contributed by atoms with Crippen LogP contribution >= 0.6 is 11.8 Å². The van der Waals surface area contributed by atoms with Gasteiger partial charge in [-0.1, -0.05) is 62.0 Å². The van der Waals surface area contributed by atoms with Gasteiger partial charge in [0.25, 0.3) is 0 Å². The Bertz CT molecular complexity index is 1800. The molecular weight excluding hydrogens is 625 g/mol. The normalized spacial score (nSPS) is 16.8. The number of nitrogens with one attached hydrogen (secondary N) is 1. The number of carbonyl (C=O) groups excluding carboxylic acids is 1. The number of hydrogen-bond acceptors (Lipinski definition) is 5. The highest BCUT2D eigenvalue weighted by molar-refractivity contribution is 8.14. The number of thioether (sulfide) groups is 1. The van der Waals surface area contributed by atoms with Crippen LogP contribution in [0.5, 0.6) is 5.75 Å². The number of anilines is 1. The zero-order chi connectivity index (χ0) is 33.9. The SMILES string of the molecule is C/C(NC(=O)/N=C1\SCCC(C)N1c1cc(C)ccc1C(C)C)=C(/C)c1ccc(-c2ncn(-c3ccc(OC(F)(F)F)cc3)n2)cc1. The summed E-state index contributed by atoms with van der Waals surface area (Å²) in [5.74, 6) is 1.36. The maximum Gasteiger partial charge on any atom is 0.573 e. The van der Waals surface area contributed by atoms with E-state index in [1.165, 1.54) is 40.8 Å². The van der Waals surface area contributed by atoms with Gasteiger partial charge in [-0.3, -0.25) is 0 Å². The summed E-state index contributed by atoms with van der Waals surface area (Å²) in [4.78, 5) is 24.3. The molecule has 5 rings (SSSR count). The minimum Gasteiger partial charge on any atom is -0.406 e. The first kappa shape index (κ1) is 33.8.